The molecule has 0 saturated heterocycles. The van der Waals surface area contributed by atoms with Gasteiger partial charge in [0.1, 0.15) is 16.5 Å². The van der Waals surface area contributed by atoms with Crippen molar-refractivity contribution < 1.29 is 8.81 Å². The van der Waals surface area contributed by atoms with Gasteiger partial charge in [-0.15, -0.1) is 11.3 Å². The van der Waals surface area contributed by atoms with Crippen LogP contribution in [-0.4, -0.2) is 9.97 Å². The molecule has 6 heteroatoms. The quantitative estimate of drug-likeness (QED) is 0.429. The Hall–Kier alpha value is -2.50. The van der Waals surface area contributed by atoms with E-state index in [4.69, 9.17) is 16.0 Å². The Morgan fingerprint density at radius 2 is 1.84 bits per heavy atom. The lowest BCUT2D eigenvalue weighted by Crippen LogP contribution is -1.82. The smallest absolute Gasteiger partial charge is 0.227 e. The monoisotopic (exact) mass is 370 g/mol. The van der Waals surface area contributed by atoms with E-state index in [-0.39, 0.29) is 5.02 Å². The van der Waals surface area contributed by atoms with E-state index >= 15 is 0 Å². The molecule has 0 aliphatic rings. The van der Waals surface area contributed by atoms with Gasteiger partial charge in [-0.25, -0.2) is 14.4 Å². The Kier molecular flexibility index (Phi) is 4.11. The molecule has 3 nitrogen and oxygen atoms in total. The second kappa shape index (κ2) is 6.43. The second-order valence-corrected chi connectivity index (χ2v) is 6.73. The van der Waals surface area contributed by atoms with Gasteiger partial charge in [0.15, 0.2) is 5.76 Å². The number of benzene rings is 2. The Bertz CT molecular complexity index is 1040. The van der Waals surface area contributed by atoms with Gasteiger partial charge in [0.25, 0.3) is 0 Å². The van der Waals surface area contributed by atoms with Crippen molar-refractivity contribution in [2.24, 2.45) is 0 Å². The number of oxazole rings is 1. The summed E-state index contributed by atoms with van der Waals surface area (Å²) in [6.45, 7) is 1.89. The van der Waals surface area contributed by atoms with E-state index in [0.29, 0.717) is 17.3 Å². The molecule has 0 amide bonds. The van der Waals surface area contributed by atoms with Crippen LogP contribution in [0.15, 0.2) is 58.3 Å². The minimum Gasteiger partial charge on any atom is -0.434 e. The van der Waals surface area contributed by atoms with Crippen LogP contribution < -0.4 is 0 Å². The summed E-state index contributed by atoms with van der Waals surface area (Å²) >= 11 is 7.30. The highest BCUT2D eigenvalue weighted by Gasteiger charge is 2.17. The van der Waals surface area contributed by atoms with Crippen LogP contribution >= 0.6 is 22.9 Å². The van der Waals surface area contributed by atoms with Gasteiger partial charge in [-0.05, 0) is 37.3 Å². The molecule has 0 atom stereocenters. The van der Waals surface area contributed by atoms with Gasteiger partial charge < -0.3 is 4.42 Å². The summed E-state index contributed by atoms with van der Waals surface area (Å²) in [7, 11) is 0. The molecule has 2 aromatic heterocycles. The second-order valence-electron chi connectivity index (χ2n) is 5.47. The molecule has 0 N–H and O–H groups in total. The highest BCUT2D eigenvalue weighted by molar-refractivity contribution is 7.13. The average Bonchev–Trinajstić information content (AvgIpc) is 3.25. The van der Waals surface area contributed by atoms with Crippen molar-refractivity contribution in [3.63, 3.8) is 0 Å². The van der Waals surface area contributed by atoms with Crippen molar-refractivity contribution in [1.29, 1.82) is 0 Å². The van der Waals surface area contributed by atoms with E-state index in [9.17, 15) is 4.39 Å². The van der Waals surface area contributed by atoms with Crippen LogP contribution in [0.4, 0.5) is 4.39 Å². The van der Waals surface area contributed by atoms with Crippen LogP contribution in [0.1, 0.15) is 5.69 Å². The Labute approximate surface area is 152 Å². The fourth-order valence-corrected chi connectivity index (χ4v) is 3.46. The zero-order valence-electron chi connectivity index (χ0n) is 13.2. The van der Waals surface area contributed by atoms with Crippen molar-refractivity contribution in [2.45, 2.75) is 6.92 Å². The Morgan fingerprint density at radius 3 is 2.60 bits per heavy atom. The van der Waals surface area contributed by atoms with E-state index in [0.717, 1.165) is 21.8 Å². The molecule has 124 valence electrons. The van der Waals surface area contributed by atoms with E-state index in [1.54, 1.807) is 12.1 Å². The Morgan fingerprint density at radius 1 is 1.04 bits per heavy atom. The molecule has 0 unspecified atom stereocenters. The standard InChI is InChI=1S/C19H12ClFN2OS/c1-11-17(24-18(22-11)12-5-3-2-4-6-12)16-10-25-19(23-16)13-7-8-15(21)14(20)9-13/h2-10H,1H3. The average molecular weight is 371 g/mol. The summed E-state index contributed by atoms with van der Waals surface area (Å²) in [6, 6.07) is 14.3. The van der Waals surface area contributed by atoms with Gasteiger partial charge in [0.2, 0.25) is 5.89 Å². The molecule has 2 heterocycles. The summed E-state index contributed by atoms with van der Waals surface area (Å²) < 4.78 is 19.3. The number of aromatic nitrogens is 2. The maximum atomic E-state index is 13.3. The Balaban J connectivity index is 1.71. The van der Waals surface area contributed by atoms with Gasteiger partial charge in [0.05, 0.1) is 10.7 Å². The number of thiazole rings is 1. The van der Waals surface area contributed by atoms with Crippen LogP contribution in [0.3, 0.4) is 0 Å². The number of aryl methyl sites for hydroxylation is 1. The predicted octanol–water partition coefficient (Wildman–Crippen LogP) is 6.23. The van der Waals surface area contributed by atoms with Crippen molar-refractivity contribution in [2.75, 3.05) is 0 Å². The lowest BCUT2D eigenvalue weighted by Gasteiger charge is -1.98. The fraction of sp³-hybridized carbons (Fsp3) is 0.0526. The fourth-order valence-electron chi connectivity index (χ4n) is 2.48. The first-order valence-electron chi connectivity index (χ1n) is 7.56. The maximum Gasteiger partial charge on any atom is 0.227 e. The van der Waals surface area contributed by atoms with E-state index in [2.05, 4.69) is 9.97 Å². The first kappa shape index (κ1) is 16.0. The van der Waals surface area contributed by atoms with Crippen molar-refractivity contribution in [3.05, 3.63) is 70.4 Å². The molecule has 25 heavy (non-hydrogen) atoms. The van der Waals surface area contributed by atoms with E-state index < -0.39 is 5.82 Å². The molecule has 0 fully saturated rings. The van der Waals surface area contributed by atoms with E-state index in [1.807, 2.05) is 42.6 Å². The first-order valence-corrected chi connectivity index (χ1v) is 8.82. The number of nitrogens with zero attached hydrogens (tertiary/aromatic N) is 2. The van der Waals surface area contributed by atoms with Crippen molar-refractivity contribution in [1.82, 2.24) is 9.97 Å². The van der Waals surface area contributed by atoms with Crippen molar-refractivity contribution in [3.8, 4) is 33.5 Å². The third-order valence-electron chi connectivity index (χ3n) is 3.72. The maximum absolute atomic E-state index is 13.3. The van der Waals surface area contributed by atoms with Gasteiger partial charge in [0, 0.05) is 16.5 Å². The van der Waals surface area contributed by atoms with Crippen LogP contribution in [0.25, 0.3) is 33.5 Å². The molecular weight excluding hydrogens is 359 g/mol. The summed E-state index contributed by atoms with van der Waals surface area (Å²) in [5.41, 5.74) is 3.15. The van der Waals surface area contributed by atoms with Crippen LogP contribution in [0.2, 0.25) is 5.02 Å². The predicted molar refractivity (Wildman–Crippen MR) is 98.2 cm³/mol. The van der Waals surface area contributed by atoms with E-state index in [1.165, 1.54) is 17.4 Å². The summed E-state index contributed by atoms with van der Waals surface area (Å²) in [6.07, 6.45) is 0. The topological polar surface area (TPSA) is 38.9 Å². The normalized spacial score (nSPS) is 11.0. The first-order chi connectivity index (χ1) is 12.1. The third-order valence-corrected chi connectivity index (χ3v) is 4.90. The largest absolute Gasteiger partial charge is 0.434 e. The minimum atomic E-state index is -0.444. The molecule has 2 aromatic carbocycles. The molecule has 0 aliphatic carbocycles. The minimum absolute atomic E-state index is 0.0801. The lowest BCUT2D eigenvalue weighted by molar-refractivity contribution is 0.586. The summed E-state index contributed by atoms with van der Waals surface area (Å²) in [4.78, 5) is 9.09. The summed E-state index contributed by atoms with van der Waals surface area (Å²) in [5, 5.41) is 2.72. The molecule has 0 aliphatic heterocycles. The van der Waals surface area contributed by atoms with Gasteiger partial charge in [-0.2, -0.15) is 0 Å². The van der Waals surface area contributed by atoms with Gasteiger partial charge in [-0.1, -0.05) is 29.8 Å². The highest BCUT2D eigenvalue weighted by Crippen LogP contribution is 2.34. The third kappa shape index (κ3) is 3.08. The molecular formula is C19H12ClFN2OS. The summed E-state index contributed by atoms with van der Waals surface area (Å²) in [5.74, 6) is 0.753. The number of hydrogen-bond donors (Lipinski definition) is 0. The molecule has 0 bridgehead atoms. The molecule has 4 aromatic rings. The van der Waals surface area contributed by atoms with Crippen LogP contribution in [-0.2, 0) is 0 Å². The lowest BCUT2D eigenvalue weighted by atomic mass is 10.2. The van der Waals surface area contributed by atoms with Crippen LogP contribution in [0.5, 0.6) is 0 Å². The molecule has 4 rings (SSSR count). The number of rotatable bonds is 3. The zero-order chi connectivity index (χ0) is 17.4. The number of hydrogen-bond acceptors (Lipinski definition) is 4. The molecule has 0 saturated carbocycles. The molecule has 0 spiro atoms. The van der Waals surface area contributed by atoms with Gasteiger partial charge >= 0.3 is 0 Å². The van der Waals surface area contributed by atoms with Crippen molar-refractivity contribution >= 4 is 22.9 Å². The van der Waals surface area contributed by atoms with Crippen LogP contribution in [0, 0.1) is 12.7 Å². The zero-order valence-corrected chi connectivity index (χ0v) is 14.7. The molecule has 0 radical (unpaired) electrons. The SMILES string of the molecule is Cc1nc(-c2ccccc2)oc1-c1csc(-c2ccc(F)c(Cl)c2)n1. The number of halogens is 2. The van der Waals surface area contributed by atoms with Gasteiger partial charge in [-0.3, -0.25) is 0 Å². The highest BCUT2D eigenvalue weighted by atomic mass is 35.5.